The Morgan fingerprint density at radius 3 is 2.52 bits per heavy atom. The summed E-state index contributed by atoms with van der Waals surface area (Å²) in [5.74, 6) is 0.327. The average molecular weight is 352 g/mol. The highest BCUT2D eigenvalue weighted by Gasteiger charge is 2.27. The van der Waals surface area contributed by atoms with E-state index >= 15 is 0 Å². The van der Waals surface area contributed by atoms with Crippen molar-refractivity contribution in [2.45, 2.75) is 30.6 Å². The van der Waals surface area contributed by atoms with Crippen LogP contribution >= 0.6 is 23.2 Å². The fourth-order valence-corrected chi connectivity index (χ4v) is 4.63. The fraction of sp³-hybridized carbons (Fsp3) is 0.571. The molecule has 1 aromatic rings. The Bertz CT molecular complexity index is 592. The second-order valence-corrected chi connectivity index (χ2v) is 7.99. The SMILES string of the molecule is O=S(=O)(NCC1CCCCC1CO)c1cc(Cl)ccc1Cl. The number of hydrogen-bond donors (Lipinski definition) is 2. The third-order valence-corrected chi connectivity index (χ3v) is 6.16. The van der Waals surface area contributed by atoms with E-state index in [1.807, 2.05) is 0 Å². The van der Waals surface area contributed by atoms with Gasteiger partial charge in [0.15, 0.2) is 0 Å². The Labute approximate surface area is 135 Å². The second-order valence-electron chi connectivity index (χ2n) is 5.41. The topological polar surface area (TPSA) is 66.4 Å². The third kappa shape index (κ3) is 4.33. The Hall–Kier alpha value is -0.330. The van der Waals surface area contributed by atoms with Gasteiger partial charge in [0, 0.05) is 18.2 Å². The first-order chi connectivity index (χ1) is 9.94. The predicted octanol–water partition coefficient (Wildman–Crippen LogP) is 3.07. The largest absolute Gasteiger partial charge is 0.396 e. The van der Waals surface area contributed by atoms with Gasteiger partial charge in [0.25, 0.3) is 0 Å². The van der Waals surface area contributed by atoms with Crippen LogP contribution in [0.25, 0.3) is 0 Å². The summed E-state index contributed by atoms with van der Waals surface area (Å²) < 4.78 is 27.2. The quantitative estimate of drug-likeness (QED) is 0.856. The van der Waals surface area contributed by atoms with Gasteiger partial charge in [-0.3, -0.25) is 0 Å². The molecule has 2 N–H and O–H groups in total. The molecule has 0 radical (unpaired) electrons. The first-order valence-electron chi connectivity index (χ1n) is 6.99. The summed E-state index contributed by atoms with van der Waals surface area (Å²) in [5.41, 5.74) is 0. The summed E-state index contributed by atoms with van der Waals surface area (Å²) in [6, 6.07) is 4.36. The average Bonchev–Trinajstić information content (AvgIpc) is 2.48. The van der Waals surface area contributed by atoms with Crippen LogP contribution in [0.5, 0.6) is 0 Å². The molecule has 1 saturated carbocycles. The van der Waals surface area contributed by atoms with Gasteiger partial charge < -0.3 is 5.11 Å². The molecule has 0 saturated heterocycles. The van der Waals surface area contributed by atoms with Crippen LogP contribution in [0.15, 0.2) is 23.1 Å². The number of aliphatic hydroxyl groups is 1. The third-order valence-electron chi connectivity index (χ3n) is 4.02. The van der Waals surface area contributed by atoms with Crippen LogP contribution < -0.4 is 4.72 Å². The molecule has 2 atom stereocenters. The lowest BCUT2D eigenvalue weighted by atomic mass is 9.80. The molecule has 0 spiro atoms. The summed E-state index contributed by atoms with van der Waals surface area (Å²) in [7, 11) is -3.69. The van der Waals surface area contributed by atoms with Crippen LogP contribution in [0.2, 0.25) is 10.0 Å². The van der Waals surface area contributed by atoms with Gasteiger partial charge in [-0.15, -0.1) is 0 Å². The van der Waals surface area contributed by atoms with Gasteiger partial charge in [0.1, 0.15) is 4.90 Å². The summed E-state index contributed by atoms with van der Waals surface area (Å²) in [5, 5.41) is 9.84. The van der Waals surface area contributed by atoms with Gasteiger partial charge in [0.05, 0.1) is 5.02 Å². The molecule has 0 amide bonds. The van der Waals surface area contributed by atoms with Gasteiger partial charge in [0.2, 0.25) is 10.0 Å². The summed E-state index contributed by atoms with van der Waals surface area (Å²) in [6.07, 6.45) is 4.03. The van der Waals surface area contributed by atoms with Gasteiger partial charge in [-0.1, -0.05) is 36.0 Å². The van der Waals surface area contributed by atoms with Crippen LogP contribution in [-0.2, 0) is 10.0 Å². The summed E-state index contributed by atoms with van der Waals surface area (Å²) in [4.78, 5) is -0.00646. The number of nitrogens with one attached hydrogen (secondary N) is 1. The van der Waals surface area contributed by atoms with E-state index in [0.717, 1.165) is 25.7 Å². The number of hydrogen-bond acceptors (Lipinski definition) is 3. The highest BCUT2D eigenvalue weighted by Crippen LogP contribution is 2.30. The number of halogens is 2. The zero-order valence-corrected chi connectivity index (χ0v) is 13.9. The van der Waals surface area contributed by atoms with E-state index in [1.54, 1.807) is 6.07 Å². The molecule has 1 aliphatic carbocycles. The molecule has 2 unspecified atom stereocenters. The van der Waals surface area contributed by atoms with Crippen molar-refractivity contribution < 1.29 is 13.5 Å². The lowest BCUT2D eigenvalue weighted by Crippen LogP contribution is -2.35. The maximum absolute atomic E-state index is 12.3. The first kappa shape index (κ1) is 17.0. The maximum Gasteiger partial charge on any atom is 0.242 e. The maximum atomic E-state index is 12.3. The van der Waals surface area contributed by atoms with Crippen molar-refractivity contribution in [2.24, 2.45) is 11.8 Å². The highest BCUT2D eigenvalue weighted by atomic mass is 35.5. The minimum atomic E-state index is -3.69. The van der Waals surface area contributed by atoms with E-state index in [9.17, 15) is 13.5 Å². The highest BCUT2D eigenvalue weighted by molar-refractivity contribution is 7.89. The molecule has 1 aromatic carbocycles. The van der Waals surface area contributed by atoms with Crippen LogP contribution in [0.4, 0.5) is 0 Å². The van der Waals surface area contributed by atoms with Crippen molar-refractivity contribution in [3.63, 3.8) is 0 Å². The molecule has 1 aliphatic rings. The summed E-state index contributed by atoms with van der Waals surface area (Å²) >= 11 is 11.8. The number of aliphatic hydroxyl groups excluding tert-OH is 1. The van der Waals surface area contributed by atoms with Crippen molar-refractivity contribution in [1.29, 1.82) is 0 Å². The molecule has 0 heterocycles. The fourth-order valence-electron chi connectivity index (χ4n) is 2.77. The van der Waals surface area contributed by atoms with Crippen molar-refractivity contribution in [1.82, 2.24) is 4.72 Å². The Morgan fingerprint density at radius 2 is 1.86 bits per heavy atom. The monoisotopic (exact) mass is 351 g/mol. The molecule has 21 heavy (non-hydrogen) atoms. The number of benzene rings is 1. The van der Waals surface area contributed by atoms with Crippen molar-refractivity contribution in [3.05, 3.63) is 28.2 Å². The van der Waals surface area contributed by atoms with Crippen LogP contribution in [0.3, 0.4) is 0 Å². The lowest BCUT2D eigenvalue weighted by Gasteiger charge is -2.30. The van der Waals surface area contributed by atoms with Gasteiger partial charge in [-0.05, 0) is 42.9 Å². The molecule has 7 heteroatoms. The van der Waals surface area contributed by atoms with E-state index in [1.165, 1.54) is 12.1 Å². The zero-order chi connectivity index (χ0) is 15.5. The van der Waals surface area contributed by atoms with E-state index in [2.05, 4.69) is 4.72 Å². The van der Waals surface area contributed by atoms with Gasteiger partial charge in [-0.25, -0.2) is 13.1 Å². The Kier molecular flexibility index (Phi) is 5.91. The minimum absolute atomic E-state index is 0.00646. The van der Waals surface area contributed by atoms with Crippen molar-refractivity contribution in [2.75, 3.05) is 13.2 Å². The molecule has 2 rings (SSSR count). The van der Waals surface area contributed by atoms with Crippen molar-refractivity contribution in [3.8, 4) is 0 Å². The molecule has 0 aromatic heterocycles. The predicted molar refractivity (Wildman–Crippen MR) is 84.2 cm³/mol. The second kappa shape index (κ2) is 7.29. The Morgan fingerprint density at radius 1 is 1.19 bits per heavy atom. The molecule has 0 aliphatic heterocycles. The molecule has 4 nitrogen and oxygen atoms in total. The van der Waals surface area contributed by atoms with E-state index in [4.69, 9.17) is 23.2 Å². The zero-order valence-electron chi connectivity index (χ0n) is 11.6. The smallest absolute Gasteiger partial charge is 0.242 e. The molecule has 118 valence electrons. The van der Waals surface area contributed by atoms with E-state index < -0.39 is 10.0 Å². The van der Waals surface area contributed by atoms with Gasteiger partial charge >= 0.3 is 0 Å². The molecule has 0 bridgehead atoms. The standard InChI is InChI=1S/C14H19Cl2NO3S/c15-12-5-6-13(16)14(7-12)21(19,20)17-8-10-3-1-2-4-11(10)9-18/h5-7,10-11,17-18H,1-4,8-9H2. The van der Waals surface area contributed by atoms with Crippen LogP contribution in [0.1, 0.15) is 25.7 Å². The number of rotatable bonds is 5. The van der Waals surface area contributed by atoms with Crippen LogP contribution in [0, 0.1) is 11.8 Å². The lowest BCUT2D eigenvalue weighted by molar-refractivity contribution is 0.136. The van der Waals surface area contributed by atoms with Crippen molar-refractivity contribution >= 4 is 33.2 Å². The number of sulfonamides is 1. The summed E-state index contributed by atoms with van der Waals surface area (Å²) in [6.45, 7) is 0.417. The van der Waals surface area contributed by atoms with Crippen LogP contribution in [-0.4, -0.2) is 26.7 Å². The molecular weight excluding hydrogens is 333 g/mol. The first-order valence-corrected chi connectivity index (χ1v) is 9.23. The van der Waals surface area contributed by atoms with E-state index in [0.29, 0.717) is 11.6 Å². The van der Waals surface area contributed by atoms with E-state index in [-0.39, 0.29) is 28.4 Å². The van der Waals surface area contributed by atoms with Gasteiger partial charge in [-0.2, -0.15) is 0 Å². The molecular formula is C14H19Cl2NO3S. The minimum Gasteiger partial charge on any atom is -0.396 e. The molecule has 1 fully saturated rings. The Balaban J connectivity index is 2.09. The normalized spacial score (nSPS) is 23.2.